The summed E-state index contributed by atoms with van der Waals surface area (Å²) < 4.78 is 11.3. The third kappa shape index (κ3) is 4.77. The maximum absolute atomic E-state index is 6.10. The number of ether oxygens (including phenoxy) is 2. The van der Waals surface area contributed by atoms with Gasteiger partial charge in [0.1, 0.15) is 0 Å². The highest BCUT2D eigenvalue weighted by Crippen LogP contribution is 2.35. The predicted octanol–water partition coefficient (Wildman–Crippen LogP) is 2.71. The van der Waals surface area contributed by atoms with Gasteiger partial charge in [-0.15, -0.1) is 0 Å². The van der Waals surface area contributed by atoms with Crippen LogP contribution in [0, 0.1) is 0 Å². The second kappa shape index (κ2) is 8.47. The van der Waals surface area contributed by atoms with Crippen molar-refractivity contribution in [2.24, 2.45) is 5.73 Å². The summed E-state index contributed by atoms with van der Waals surface area (Å²) in [5.41, 5.74) is 6.68. The van der Waals surface area contributed by atoms with Crippen LogP contribution in [0.3, 0.4) is 0 Å². The van der Waals surface area contributed by atoms with Crippen LogP contribution in [0.4, 0.5) is 0 Å². The van der Waals surface area contributed by atoms with Crippen molar-refractivity contribution >= 4 is 11.6 Å². The van der Waals surface area contributed by atoms with Gasteiger partial charge < -0.3 is 20.1 Å². The quantitative estimate of drug-likeness (QED) is 0.750. The number of benzene rings is 1. The van der Waals surface area contributed by atoms with Gasteiger partial charge in [0.2, 0.25) is 0 Å². The Morgan fingerprint density at radius 1 is 1.29 bits per heavy atom. The minimum absolute atomic E-state index is 0.563. The first-order chi connectivity index (χ1) is 10.2. The molecule has 4 nitrogen and oxygen atoms in total. The Morgan fingerprint density at radius 3 is 2.71 bits per heavy atom. The normalized spacial score (nSPS) is 15.4. The summed E-state index contributed by atoms with van der Waals surface area (Å²) in [7, 11) is 1.63. The fraction of sp³-hybridized carbons (Fsp3) is 0.625. The highest BCUT2D eigenvalue weighted by molar-refractivity contribution is 6.30. The second-order valence-electron chi connectivity index (χ2n) is 5.39. The third-order valence-electron chi connectivity index (χ3n) is 3.79. The van der Waals surface area contributed by atoms with Gasteiger partial charge in [0, 0.05) is 23.2 Å². The van der Waals surface area contributed by atoms with E-state index in [4.69, 9.17) is 26.8 Å². The topological polar surface area (TPSA) is 47.7 Å². The number of hydrogen-bond donors (Lipinski definition) is 1. The van der Waals surface area contributed by atoms with Crippen LogP contribution in [0.15, 0.2) is 12.1 Å². The molecule has 1 saturated heterocycles. The van der Waals surface area contributed by atoms with Crippen molar-refractivity contribution in [3.05, 3.63) is 22.7 Å². The molecule has 1 heterocycles. The molecular weight excluding hydrogens is 288 g/mol. The predicted molar refractivity (Wildman–Crippen MR) is 86.5 cm³/mol. The molecular formula is C16H25ClN2O2. The summed E-state index contributed by atoms with van der Waals surface area (Å²) in [5, 5.41) is 0.653. The minimum atomic E-state index is 0.563. The van der Waals surface area contributed by atoms with Crippen molar-refractivity contribution in [2.75, 3.05) is 39.9 Å². The highest BCUT2D eigenvalue weighted by Gasteiger charge is 2.14. The van der Waals surface area contributed by atoms with Gasteiger partial charge in [0.15, 0.2) is 11.5 Å². The minimum Gasteiger partial charge on any atom is -0.493 e. The molecule has 0 saturated carbocycles. The Labute approximate surface area is 132 Å². The van der Waals surface area contributed by atoms with Crippen LogP contribution in [0.5, 0.6) is 11.5 Å². The average molecular weight is 313 g/mol. The molecule has 0 aliphatic carbocycles. The van der Waals surface area contributed by atoms with Crippen LogP contribution in [0.2, 0.25) is 5.02 Å². The molecule has 2 N–H and O–H groups in total. The van der Waals surface area contributed by atoms with E-state index in [0.29, 0.717) is 23.9 Å². The van der Waals surface area contributed by atoms with Crippen molar-refractivity contribution in [2.45, 2.75) is 25.7 Å². The van der Waals surface area contributed by atoms with Crippen molar-refractivity contribution in [1.29, 1.82) is 0 Å². The number of halogens is 1. The van der Waals surface area contributed by atoms with E-state index >= 15 is 0 Å². The lowest BCUT2D eigenvalue weighted by atomic mass is 10.1. The zero-order valence-electron chi connectivity index (χ0n) is 12.7. The van der Waals surface area contributed by atoms with Gasteiger partial charge in [-0.1, -0.05) is 11.6 Å². The van der Waals surface area contributed by atoms with Gasteiger partial charge >= 0.3 is 0 Å². The lowest BCUT2D eigenvalue weighted by Crippen LogP contribution is -2.22. The van der Waals surface area contributed by atoms with Gasteiger partial charge in [-0.25, -0.2) is 0 Å². The first kappa shape index (κ1) is 16.4. The van der Waals surface area contributed by atoms with Crippen molar-refractivity contribution in [3.8, 4) is 11.5 Å². The lowest BCUT2D eigenvalue weighted by Gasteiger charge is -2.17. The van der Waals surface area contributed by atoms with Crippen molar-refractivity contribution < 1.29 is 9.47 Å². The molecule has 5 heteroatoms. The Balaban J connectivity index is 1.93. The summed E-state index contributed by atoms with van der Waals surface area (Å²) >= 11 is 6.10. The molecule has 0 bridgehead atoms. The highest BCUT2D eigenvalue weighted by atomic mass is 35.5. The number of methoxy groups -OCH3 is 1. The molecule has 0 amide bonds. The van der Waals surface area contributed by atoms with E-state index in [-0.39, 0.29) is 0 Å². The first-order valence-corrected chi connectivity index (χ1v) is 8.04. The number of likely N-dealkylation sites (tertiary alicyclic amines) is 1. The van der Waals surface area contributed by atoms with Crippen LogP contribution in [-0.2, 0) is 6.42 Å². The molecule has 1 aromatic carbocycles. The number of nitrogens with two attached hydrogens (primary N) is 1. The van der Waals surface area contributed by atoms with E-state index in [1.54, 1.807) is 13.2 Å². The summed E-state index contributed by atoms with van der Waals surface area (Å²) in [6.45, 7) is 4.80. The number of rotatable bonds is 8. The van der Waals surface area contributed by atoms with E-state index in [9.17, 15) is 0 Å². The molecule has 1 aromatic rings. The Hall–Kier alpha value is -0.970. The van der Waals surface area contributed by atoms with E-state index in [0.717, 1.165) is 30.7 Å². The molecule has 1 aliphatic heterocycles. The standard InChI is InChI=1S/C16H25ClN2O2/c1-20-15-12-14(17)11-13(5-6-18)16(15)21-10-4-9-19-7-2-3-8-19/h11-12H,2-10,18H2,1H3. The van der Waals surface area contributed by atoms with E-state index in [1.807, 2.05) is 6.07 Å². The molecule has 1 aliphatic rings. The second-order valence-corrected chi connectivity index (χ2v) is 5.82. The SMILES string of the molecule is COc1cc(Cl)cc(CCN)c1OCCCN1CCCC1. The first-order valence-electron chi connectivity index (χ1n) is 7.66. The maximum Gasteiger partial charge on any atom is 0.164 e. The van der Waals surface area contributed by atoms with Crippen LogP contribution >= 0.6 is 11.6 Å². The third-order valence-corrected chi connectivity index (χ3v) is 4.01. The fourth-order valence-electron chi connectivity index (χ4n) is 2.75. The molecule has 0 aromatic heterocycles. The van der Waals surface area contributed by atoms with Gasteiger partial charge in [-0.05, 0) is 51.4 Å². The molecule has 2 rings (SSSR count). The molecule has 0 atom stereocenters. The summed E-state index contributed by atoms with van der Waals surface area (Å²) in [5.74, 6) is 1.47. The van der Waals surface area contributed by atoms with Gasteiger partial charge in [0.25, 0.3) is 0 Å². The van der Waals surface area contributed by atoms with Crippen molar-refractivity contribution in [3.63, 3.8) is 0 Å². The smallest absolute Gasteiger partial charge is 0.164 e. The fourth-order valence-corrected chi connectivity index (χ4v) is 2.98. The molecule has 0 spiro atoms. The number of hydrogen-bond acceptors (Lipinski definition) is 4. The summed E-state index contributed by atoms with van der Waals surface area (Å²) in [6.07, 6.45) is 4.41. The summed E-state index contributed by atoms with van der Waals surface area (Å²) in [6, 6.07) is 3.70. The van der Waals surface area contributed by atoms with Crippen LogP contribution < -0.4 is 15.2 Å². The average Bonchev–Trinajstić information content (AvgIpc) is 2.98. The number of nitrogens with zero attached hydrogens (tertiary/aromatic N) is 1. The zero-order chi connectivity index (χ0) is 15.1. The molecule has 0 radical (unpaired) electrons. The van der Waals surface area contributed by atoms with Gasteiger partial charge in [0.05, 0.1) is 13.7 Å². The van der Waals surface area contributed by atoms with Crippen LogP contribution in [-0.4, -0.2) is 44.8 Å². The van der Waals surface area contributed by atoms with Gasteiger partial charge in [-0.2, -0.15) is 0 Å². The molecule has 0 unspecified atom stereocenters. The van der Waals surface area contributed by atoms with E-state index in [2.05, 4.69) is 4.90 Å². The lowest BCUT2D eigenvalue weighted by molar-refractivity contribution is 0.252. The van der Waals surface area contributed by atoms with E-state index in [1.165, 1.54) is 25.9 Å². The Bertz CT molecular complexity index is 448. The zero-order valence-corrected chi connectivity index (χ0v) is 13.5. The molecule has 1 fully saturated rings. The molecule has 118 valence electrons. The largest absolute Gasteiger partial charge is 0.493 e. The summed E-state index contributed by atoms with van der Waals surface area (Å²) in [4.78, 5) is 2.49. The van der Waals surface area contributed by atoms with Crippen LogP contribution in [0.25, 0.3) is 0 Å². The maximum atomic E-state index is 6.10. The van der Waals surface area contributed by atoms with Gasteiger partial charge in [-0.3, -0.25) is 0 Å². The monoisotopic (exact) mass is 312 g/mol. The van der Waals surface area contributed by atoms with E-state index < -0.39 is 0 Å². The Kier molecular flexibility index (Phi) is 6.61. The van der Waals surface area contributed by atoms with Crippen LogP contribution in [0.1, 0.15) is 24.8 Å². The Morgan fingerprint density at radius 2 is 2.05 bits per heavy atom. The van der Waals surface area contributed by atoms with Crippen molar-refractivity contribution in [1.82, 2.24) is 4.90 Å². The molecule has 21 heavy (non-hydrogen) atoms.